The molecule has 12 heteroatoms. The Morgan fingerprint density at radius 2 is 1.58 bits per heavy atom. The topological polar surface area (TPSA) is 129 Å². The van der Waals surface area contributed by atoms with Gasteiger partial charge in [0, 0.05) is 10.9 Å². The lowest BCUT2D eigenvalue weighted by atomic mass is 10.0. The fourth-order valence-corrected chi connectivity index (χ4v) is 6.03. The first kappa shape index (κ1) is 32.9. The molecule has 10 nitrogen and oxygen atoms in total. The average Bonchev–Trinajstić information content (AvgIpc) is 3.53. The van der Waals surface area contributed by atoms with Crippen LogP contribution in [0.3, 0.4) is 0 Å². The quantitative estimate of drug-likeness (QED) is 0.310. The third-order valence-electron chi connectivity index (χ3n) is 7.03. The molecule has 1 fully saturated rings. The Bertz CT molecular complexity index is 1460. The molecule has 0 unspecified atom stereocenters. The van der Waals surface area contributed by atoms with Crippen molar-refractivity contribution in [2.75, 3.05) is 13.2 Å². The van der Waals surface area contributed by atoms with E-state index in [-0.39, 0.29) is 18.1 Å². The molecule has 0 bridgehead atoms. The number of benzene rings is 2. The van der Waals surface area contributed by atoms with Crippen molar-refractivity contribution in [3.05, 3.63) is 58.1 Å². The van der Waals surface area contributed by atoms with Crippen LogP contribution in [0, 0.1) is 12.8 Å². The molecule has 43 heavy (non-hydrogen) atoms. The number of ether oxygens (including phenoxy) is 3. The van der Waals surface area contributed by atoms with E-state index in [9.17, 15) is 18.0 Å². The molecule has 2 atom stereocenters. The van der Waals surface area contributed by atoms with Crippen LogP contribution in [0.2, 0.25) is 5.02 Å². The van der Waals surface area contributed by atoms with Crippen LogP contribution in [0.15, 0.2) is 41.3 Å². The smallest absolute Gasteiger partial charge is 0.408 e. The van der Waals surface area contributed by atoms with Crippen LogP contribution in [0.1, 0.15) is 77.1 Å². The van der Waals surface area contributed by atoms with Gasteiger partial charge in [-0.1, -0.05) is 29.3 Å². The summed E-state index contributed by atoms with van der Waals surface area (Å²) in [5.74, 6) is -0.00931. The van der Waals surface area contributed by atoms with Crippen molar-refractivity contribution in [3.8, 4) is 5.75 Å². The Hall–Kier alpha value is -3.02. The number of nitrogens with one attached hydrogen (secondary N) is 2. The van der Waals surface area contributed by atoms with E-state index in [0.29, 0.717) is 22.8 Å². The number of carbonyl (C=O) groups excluding carboxylic acids is 2. The SMILES string of the molecule is Cc1ccc(S(=O)(=O)OC[C@@H]2Cc3c(Cl)cc(OCC4(NC(=O)OC(C)(C)C)CC4)cc3[C@H]2NC(=O)OC(C)(C)C)cc1. The van der Waals surface area contributed by atoms with Gasteiger partial charge in [-0.2, -0.15) is 8.42 Å². The molecule has 2 N–H and O–H groups in total. The molecule has 1 saturated carbocycles. The number of halogens is 1. The average molecular weight is 637 g/mol. The first-order valence-electron chi connectivity index (χ1n) is 14.3. The second-order valence-electron chi connectivity index (χ2n) is 13.3. The zero-order chi connectivity index (χ0) is 31.8. The van der Waals surface area contributed by atoms with Crippen molar-refractivity contribution in [2.45, 2.75) is 95.4 Å². The maximum atomic E-state index is 12.9. The van der Waals surface area contributed by atoms with E-state index in [1.54, 1.807) is 65.8 Å². The molecule has 0 spiro atoms. The van der Waals surface area contributed by atoms with Gasteiger partial charge in [-0.25, -0.2) is 9.59 Å². The summed E-state index contributed by atoms with van der Waals surface area (Å²) in [6, 6.07) is 9.19. The van der Waals surface area contributed by atoms with E-state index in [2.05, 4.69) is 10.6 Å². The monoisotopic (exact) mass is 636 g/mol. The number of alkyl carbamates (subject to hydrolysis) is 2. The van der Waals surface area contributed by atoms with E-state index in [1.807, 2.05) is 6.92 Å². The summed E-state index contributed by atoms with van der Waals surface area (Å²) in [5.41, 5.74) is 0.457. The second-order valence-corrected chi connectivity index (χ2v) is 15.3. The number of hydrogen-bond donors (Lipinski definition) is 2. The van der Waals surface area contributed by atoms with Gasteiger partial charge in [0.25, 0.3) is 10.1 Å². The lowest BCUT2D eigenvalue weighted by molar-refractivity contribution is 0.0468. The summed E-state index contributed by atoms with van der Waals surface area (Å²) in [4.78, 5) is 25.2. The van der Waals surface area contributed by atoms with Gasteiger partial charge in [-0.15, -0.1) is 0 Å². The van der Waals surface area contributed by atoms with Crippen LogP contribution in [-0.2, 0) is 30.2 Å². The molecular weight excluding hydrogens is 596 g/mol. The summed E-state index contributed by atoms with van der Waals surface area (Å²) >= 11 is 6.70. The maximum absolute atomic E-state index is 12.9. The molecular formula is C31H41ClN2O8S. The number of amides is 2. The normalized spacial score (nSPS) is 19.3. The van der Waals surface area contributed by atoms with Crippen molar-refractivity contribution >= 4 is 33.9 Å². The van der Waals surface area contributed by atoms with Crippen molar-refractivity contribution in [1.29, 1.82) is 0 Å². The van der Waals surface area contributed by atoms with Gasteiger partial charge >= 0.3 is 12.2 Å². The zero-order valence-corrected chi connectivity index (χ0v) is 27.3. The minimum absolute atomic E-state index is 0.0491. The third kappa shape index (κ3) is 9.00. The number of aryl methyl sites for hydroxylation is 1. The van der Waals surface area contributed by atoms with Gasteiger partial charge in [0.2, 0.25) is 0 Å². The summed E-state index contributed by atoms with van der Waals surface area (Å²) in [6.07, 6.45) is 0.677. The van der Waals surface area contributed by atoms with Gasteiger partial charge < -0.3 is 24.8 Å². The van der Waals surface area contributed by atoms with Crippen molar-refractivity contribution in [3.63, 3.8) is 0 Å². The number of fused-ring (bicyclic) bond motifs is 1. The molecule has 2 aliphatic rings. The molecule has 0 radical (unpaired) electrons. The van der Waals surface area contributed by atoms with Crippen molar-refractivity contribution < 1.29 is 36.4 Å². The first-order valence-corrected chi connectivity index (χ1v) is 16.1. The maximum Gasteiger partial charge on any atom is 0.408 e. The molecule has 2 amide bonds. The molecule has 2 aromatic rings. The van der Waals surface area contributed by atoms with Crippen LogP contribution in [0.5, 0.6) is 5.75 Å². The fraction of sp³-hybridized carbons (Fsp3) is 0.548. The Morgan fingerprint density at radius 1 is 0.977 bits per heavy atom. The van der Waals surface area contributed by atoms with Crippen LogP contribution < -0.4 is 15.4 Å². The summed E-state index contributed by atoms with van der Waals surface area (Å²) < 4.78 is 48.3. The third-order valence-corrected chi connectivity index (χ3v) is 8.66. The largest absolute Gasteiger partial charge is 0.491 e. The van der Waals surface area contributed by atoms with Crippen molar-refractivity contribution in [1.82, 2.24) is 10.6 Å². The predicted octanol–water partition coefficient (Wildman–Crippen LogP) is 6.23. The highest BCUT2D eigenvalue weighted by Crippen LogP contribution is 2.43. The summed E-state index contributed by atoms with van der Waals surface area (Å²) in [7, 11) is -4.04. The molecule has 2 aliphatic carbocycles. The highest BCUT2D eigenvalue weighted by atomic mass is 35.5. The molecule has 0 aromatic heterocycles. The lowest BCUT2D eigenvalue weighted by Crippen LogP contribution is -2.44. The highest BCUT2D eigenvalue weighted by Gasteiger charge is 2.46. The second kappa shape index (κ2) is 12.2. The van der Waals surface area contributed by atoms with Gasteiger partial charge in [0.15, 0.2) is 0 Å². The predicted molar refractivity (Wildman–Crippen MR) is 162 cm³/mol. The number of carbonyl (C=O) groups is 2. The molecule has 4 rings (SSSR count). The molecule has 236 valence electrons. The van der Waals surface area contributed by atoms with E-state index < -0.39 is 51.0 Å². The van der Waals surface area contributed by atoms with Crippen LogP contribution in [-0.4, -0.2) is 50.6 Å². The lowest BCUT2D eigenvalue weighted by Gasteiger charge is -2.25. The standard InChI is InChI=1S/C31H41ClN2O8S/c1-19-8-10-22(11-9-19)43(37,38)40-17-20-14-23-24(26(20)33-27(35)41-29(2,3)4)15-21(16-25(23)32)39-18-31(12-13-31)34-28(36)42-30(5,6)7/h8-11,15-16,20,26H,12-14,17-18H2,1-7H3,(H,33,35)(H,34,36)/t20-,26-/m0/s1. The van der Waals surface area contributed by atoms with Gasteiger partial charge in [-0.05, 0) is 103 Å². The van der Waals surface area contributed by atoms with E-state index in [1.165, 1.54) is 12.1 Å². The molecule has 0 saturated heterocycles. The molecule has 2 aromatic carbocycles. The summed E-state index contributed by atoms with van der Waals surface area (Å²) in [5, 5.41) is 6.21. The van der Waals surface area contributed by atoms with E-state index in [4.69, 9.17) is 30.0 Å². The van der Waals surface area contributed by atoms with E-state index in [0.717, 1.165) is 24.0 Å². The Morgan fingerprint density at radius 3 is 2.16 bits per heavy atom. The highest BCUT2D eigenvalue weighted by molar-refractivity contribution is 7.86. The minimum Gasteiger partial charge on any atom is -0.491 e. The van der Waals surface area contributed by atoms with Crippen LogP contribution >= 0.6 is 11.6 Å². The Kier molecular flexibility index (Phi) is 9.30. The number of rotatable bonds is 9. The Balaban J connectivity index is 1.52. The van der Waals surface area contributed by atoms with Crippen molar-refractivity contribution in [2.24, 2.45) is 5.92 Å². The van der Waals surface area contributed by atoms with Gasteiger partial charge in [-0.3, -0.25) is 4.18 Å². The summed E-state index contributed by atoms with van der Waals surface area (Å²) in [6.45, 7) is 12.5. The number of hydrogen-bond acceptors (Lipinski definition) is 8. The van der Waals surface area contributed by atoms with Gasteiger partial charge in [0.05, 0.1) is 23.1 Å². The Labute approximate surface area is 258 Å². The first-order chi connectivity index (χ1) is 19.8. The van der Waals surface area contributed by atoms with E-state index >= 15 is 0 Å². The van der Waals surface area contributed by atoms with Gasteiger partial charge in [0.1, 0.15) is 23.6 Å². The van der Waals surface area contributed by atoms with Crippen LogP contribution in [0.4, 0.5) is 9.59 Å². The minimum atomic E-state index is -4.04. The molecule has 0 aliphatic heterocycles. The van der Waals surface area contributed by atoms with Crippen LogP contribution in [0.25, 0.3) is 0 Å². The molecule has 0 heterocycles. The fourth-order valence-electron chi connectivity index (χ4n) is 4.78. The zero-order valence-electron chi connectivity index (χ0n) is 25.7.